The van der Waals surface area contributed by atoms with Gasteiger partial charge in [0, 0.05) is 20.3 Å². The maximum atomic E-state index is 11.8. The zero-order chi connectivity index (χ0) is 10.6. The van der Waals surface area contributed by atoms with Crippen LogP contribution in [0.15, 0.2) is 0 Å². The second-order valence-electron chi connectivity index (χ2n) is 3.94. The molecule has 0 aromatic carbocycles. The van der Waals surface area contributed by atoms with Crippen molar-refractivity contribution in [2.45, 2.75) is 25.8 Å². The van der Waals surface area contributed by atoms with Crippen LogP contribution in [0.25, 0.3) is 0 Å². The standard InChI is InChI=1S/C9H20NO3P/c1-8-4-5-10-9(6-8)7-14(11,12-2)13-3/h8-10H,4-7H2,1-3H3. The van der Waals surface area contributed by atoms with Crippen LogP contribution in [-0.4, -0.2) is 33.0 Å². The molecule has 2 atom stereocenters. The summed E-state index contributed by atoms with van der Waals surface area (Å²) in [6.45, 7) is 3.22. The predicted molar refractivity (Wildman–Crippen MR) is 56.7 cm³/mol. The number of piperidine rings is 1. The second kappa shape index (κ2) is 5.26. The van der Waals surface area contributed by atoms with E-state index in [2.05, 4.69) is 12.2 Å². The fourth-order valence-corrected chi connectivity index (χ4v) is 3.12. The highest BCUT2D eigenvalue weighted by atomic mass is 31.2. The van der Waals surface area contributed by atoms with Crippen molar-refractivity contribution in [2.24, 2.45) is 5.92 Å². The Morgan fingerprint density at radius 3 is 2.57 bits per heavy atom. The third-order valence-electron chi connectivity index (χ3n) is 2.76. The quantitative estimate of drug-likeness (QED) is 0.736. The van der Waals surface area contributed by atoms with Crippen molar-refractivity contribution in [3.8, 4) is 0 Å². The van der Waals surface area contributed by atoms with Crippen LogP contribution in [0.1, 0.15) is 19.8 Å². The molecule has 84 valence electrons. The largest absolute Gasteiger partial charge is 0.331 e. The van der Waals surface area contributed by atoms with Crippen LogP contribution in [0.3, 0.4) is 0 Å². The van der Waals surface area contributed by atoms with Crippen LogP contribution < -0.4 is 5.32 Å². The van der Waals surface area contributed by atoms with E-state index in [1.54, 1.807) is 0 Å². The minimum absolute atomic E-state index is 0.268. The Balaban J connectivity index is 2.46. The molecule has 2 unspecified atom stereocenters. The molecule has 0 aromatic heterocycles. The van der Waals surface area contributed by atoms with Crippen molar-refractivity contribution in [1.82, 2.24) is 5.32 Å². The second-order valence-corrected chi connectivity index (χ2v) is 6.26. The van der Waals surface area contributed by atoms with Gasteiger partial charge in [-0.05, 0) is 25.3 Å². The van der Waals surface area contributed by atoms with E-state index in [-0.39, 0.29) is 6.04 Å². The van der Waals surface area contributed by atoms with Gasteiger partial charge in [-0.1, -0.05) is 6.92 Å². The Morgan fingerprint density at radius 2 is 2.07 bits per heavy atom. The molecule has 0 radical (unpaired) electrons. The summed E-state index contributed by atoms with van der Waals surface area (Å²) < 4.78 is 21.7. The van der Waals surface area contributed by atoms with E-state index >= 15 is 0 Å². The Morgan fingerprint density at radius 1 is 1.43 bits per heavy atom. The number of rotatable bonds is 4. The van der Waals surface area contributed by atoms with Gasteiger partial charge >= 0.3 is 7.60 Å². The number of hydrogen-bond donors (Lipinski definition) is 1. The monoisotopic (exact) mass is 221 g/mol. The topological polar surface area (TPSA) is 47.6 Å². The Kier molecular flexibility index (Phi) is 4.58. The van der Waals surface area contributed by atoms with Crippen LogP contribution in [0.2, 0.25) is 0 Å². The van der Waals surface area contributed by atoms with Crippen LogP contribution in [-0.2, 0) is 13.6 Å². The van der Waals surface area contributed by atoms with E-state index < -0.39 is 7.60 Å². The van der Waals surface area contributed by atoms with Gasteiger partial charge in [0.15, 0.2) is 0 Å². The summed E-state index contributed by atoms with van der Waals surface area (Å²) in [5.74, 6) is 0.698. The summed E-state index contributed by atoms with van der Waals surface area (Å²) >= 11 is 0. The summed E-state index contributed by atoms with van der Waals surface area (Å²) in [5, 5.41) is 3.34. The number of nitrogens with one attached hydrogen (secondary N) is 1. The Hall–Kier alpha value is 0.110. The van der Waals surface area contributed by atoms with Gasteiger partial charge in [0.05, 0.1) is 6.16 Å². The summed E-state index contributed by atoms with van der Waals surface area (Å²) in [5.41, 5.74) is 0. The number of hydrogen-bond acceptors (Lipinski definition) is 4. The average Bonchev–Trinajstić information content (AvgIpc) is 2.18. The van der Waals surface area contributed by atoms with Crippen LogP contribution in [0, 0.1) is 5.92 Å². The minimum Gasteiger partial charge on any atom is -0.313 e. The smallest absolute Gasteiger partial charge is 0.313 e. The average molecular weight is 221 g/mol. The molecule has 0 bridgehead atoms. The first-order valence-electron chi connectivity index (χ1n) is 5.03. The summed E-state index contributed by atoms with van der Waals surface area (Å²) in [7, 11) is 0.0434. The zero-order valence-corrected chi connectivity index (χ0v) is 10.0. The highest BCUT2D eigenvalue weighted by Gasteiger charge is 2.29. The van der Waals surface area contributed by atoms with E-state index in [0.29, 0.717) is 12.1 Å². The van der Waals surface area contributed by atoms with Crippen molar-refractivity contribution >= 4 is 7.60 Å². The van der Waals surface area contributed by atoms with Crippen molar-refractivity contribution in [2.75, 3.05) is 26.9 Å². The molecular formula is C9H20NO3P. The van der Waals surface area contributed by atoms with Crippen molar-refractivity contribution in [3.63, 3.8) is 0 Å². The molecule has 1 fully saturated rings. The van der Waals surface area contributed by atoms with E-state index in [1.807, 2.05) is 0 Å². The molecule has 0 spiro atoms. The third kappa shape index (κ3) is 3.35. The highest BCUT2D eigenvalue weighted by Crippen LogP contribution is 2.47. The lowest BCUT2D eigenvalue weighted by atomic mass is 9.95. The van der Waals surface area contributed by atoms with Crippen molar-refractivity contribution in [3.05, 3.63) is 0 Å². The fraction of sp³-hybridized carbons (Fsp3) is 1.00. The molecular weight excluding hydrogens is 201 g/mol. The first-order valence-corrected chi connectivity index (χ1v) is 6.76. The van der Waals surface area contributed by atoms with Gasteiger partial charge in [0.1, 0.15) is 0 Å². The first kappa shape index (κ1) is 12.2. The van der Waals surface area contributed by atoms with E-state index in [1.165, 1.54) is 20.6 Å². The SMILES string of the molecule is COP(=O)(CC1CC(C)CCN1)OC. The first-order chi connectivity index (χ1) is 6.59. The van der Waals surface area contributed by atoms with Crippen LogP contribution in [0.5, 0.6) is 0 Å². The third-order valence-corrected chi connectivity index (χ3v) is 4.76. The summed E-state index contributed by atoms with van der Waals surface area (Å²) in [6, 6.07) is 0.268. The maximum absolute atomic E-state index is 11.8. The van der Waals surface area contributed by atoms with E-state index in [4.69, 9.17) is 9.05 Å². The van der Waals surface area contributed by atoms with E-state index in [0.717, 1.165) is 13.0 Å². The van der Waals surface area contributed by atoms with Gasteiger partial charge in [-0.15, -0.1) is 0 Å². The van der Waals surface area contributed by atoms with Gasteiger partial charge in [0.25, 0.3) is 0 Å². The van der Waals surface area contributed by atoms with Crippen molar-refractivity contribution in [1.29, 1.82) is 0 Å². The minimum atomic E-state index is -2.84. The Labute approximate surface area is 85.9 Å². The molecule has 0 amide bonds. The van der Waals surface area contributed by atoms with Gasteiger partial charge in [-0.25, -0.2) is 0 Å². The van der Waals surface area contributed by atoms with Gasteiger partial charge in [-0.2, -0.15) is 0 Å². The molecule has 1 saturated heterocycles. The fourth-order valence-electron chi connectivity index (χ4n) is 1.85. The molecule has 0 aliphatic carbocycles. The molecule has 5 heteroatoms. The molecule has 1 N–H and O–H groups in total. The normalized spacial score (nSPS) is 29.1. The van der Waals surface area contributed by atoms with Gasteiger partial charge in [0.2, 0.25) is 0 Å². The summed E-state index contributed by atoms with van der Waals surface area (Å²) in [4.78, 5) is 0. The van der Waals surface area contributed by atoms with Gasteiger partial charge in [-0.3, -0.25) is 4.57 Å². The lowest BCUT2D eigenvalue weighted by molar-refractivity contribution is 0.261. The molecule has 1 rings (SSSR count). The lowest BCUT2D eigenvalue weighted by Gasteiger charge is -2.29. The molecule has 4 nitrogen and oxygen atoms in total. The zero-order valence-electron chi connectivity index (χ0n) is 9.16. The molecule has 1 aliphatic heterocycles. The van der Waals surface area contributed by atoms with Crippen LogP contribution >= 0.6 is 7.60 Å². The van der Waals surface area contributed by atoms with E-state index in [9.17, 15) is 4.57 Å². The van der Waals surface area contributed by atoms with Gasteiger partial charge < -0.3 is 14.4 Å². The summed E-state index contributed by atoms with van der Waals surface area (Å²) in [6.07, 6.45) is 2.72. The van der Waals surface area contributed by atoms with Crippen molar-refractivity contribution < 1.29 is 13.6 Å². The molecule has 14 heavy (non-hydrogen) atoms. The Bertz CT molecular complexity index is 214. The maximum Gasteiger partial charge on any atom is 0.331 e. The molecule has 0 aromatic rings. The van der Waals surface area contributed by atoms with Crippen LogP contribution in [0.4, 0.5) is 0 Å². The highest BCUT2D eigenvalue weighted by molar-refractivity contribution is 7.53. The molecule has 1 aliphatic rings. The lowest BCUT2D eigenvalue weighted by Crippen LogP contribution is -2.39. The molecule has 0 saturated carbocycles. The predicted octanol–water partition coefficient (Wildman–Crippen LogP) is 1.86. The molecule has 1 heterocycles.